The molecule has 2 aromatic rings. The van der Waals surface area contributed by atoms with Gasteiger partial charge < -0.3 is 9.47 Å². The molecule has 3 aliphatic carbocycles. The van der Waals surface area contributed by atoms with Gasteiger partial charge in [0, 0.05) is 0 Å². The molecule has 0 aromatic heterocycles. The molecule has 37 heavy (non-hydrogen) atoms. The summed E-state index contributed by atoms with van der Waals surface area (Å²) in [6.45, 7) is 4.30. The van der Waals surface area contributed by atoms with E-state index < -0.39 is 17.4 Å². The molecule has 0 spiro atoms. The molecule has 3 aliphatic rings. The van der Waals surface area contributed by atoms with Crippen molar-refractivity contribution in [3.8, 4) is 11.1 Å². The molecule has 0 saturated heterocycles. The summed E-state index contributed by atoms with van der Waals surface area (Å²) in [4.78, 5) is 28.8. The van der Waals surface area contributed by atoms with E-state index in [1.165, 1.54) is 24.0 Å². The number of carbonyl (C=O) groups excluding carboxylic acids is 2. The van der Waals surface area contributed by atoms with Crippen LogP contribution in [0.1, 0.15) is 108 Å². The molecule has 0 amide bonds. The average molecular weight is 503 g/mol. The van der Waals surface area contributed by atoms with Crippen LogP contribution >= 0.6 is 0 Å². The zero-order chi connectivity index (χ0) is 25.8. The van der Waals surface area contributed by atoms with Gasteiger partial charge in [0.05, 0.1) is 0 Å². The maximum atomic E-state index is 14.4. The molecule has 198 valence electrons. The zero-order valence-corrected chi connectivity index (χ0v) is 22.6. The number of benzene rings is 2. The SMILES string of the molecule is CC(C)CCC(C(=O)OC1CCCCC1)(C(=O)OC1CCCCC1)c1cccc2c1Cc1ccccc1-2. The monoisotopic (exact) mass is 502 g/mol. The zero-order valence-electron chi connectivity index (χ0n) is 22.6. The molecule has 0 aliphatic heterocycles. The van der Waals surface area contributed by atoms with E-state index in [4.69, 9.17) is 9.47 Å². The molecule has 0 atom stereocenters. The highest BCUT2D eigenvalue weighted by molar-refractivity contribution is 6.07. The minimum atomic E-state index is -1.44. The Kier molecular flexibility index (Phi) is 8.02. The fourth-order valence-corrected chi connectivity index (χ4v) is 6.57. The van der Waals surface area contributed by atoms with E-state index >= 15 is 0 Å². The van der Waals surface area contributed by atoms with Crippen LogP contribution in [0.25, 0.3) is 11.1 Å². The maximum absolute atomic E-state index is 14.4. The molecule has 2 fully saturated rings. The standard InChI is InChI=1S/C33H42O4/c1-23(2)20-21-33(31(34)36-25-13-5-3-6-14-25,32(35)37-26-15-7-4-8-16-26)30-19-11-18-28-27-17-10-9-12-24(27)22-29(28)30/h9-12,17-19,23,25-26H,3-8,13-16,20-22H2,1-2H3. The first-order chi connectivity index (χ1) is 18.0. The van der Waals surface area contributed by atoms with Crippen molar-refractivity contribution in [3.05, 3.63) is 59.2 Å². The molecule has 2 aromatic carbocycles. The Hall–Kier alpha value is -2.62. The van der Waals surface area contributed by atoms with Crippen LogP contribution < -0.4 is 0 Å². The van der Waals surface area contributed by atoms with Gasteiger partial charge in [-0.2, -0.15) is 0 Å². The summed E-state index contributed by atoms with van der Waals surface area (Å²) < 4.78 is 12.5. The first kappa shape index (κ1) is 26.0. The van der Waals surface area contributed by atoms with Gasteiger partial charge in [0.2, 0.25) is 0 Å². The number of ether oxygens (including phenoxy) is 2. The third kappa shape index (κ3) is 5.35. The normalized spacial score (nSPS) is 18.4. The third-order valence-corrected chi connectivity index (χ3v) is 8.76. The third-order valence-electron chi connectivity index (χ3n) is 8.76. The van der Waals surface area contributed by atoms with Crippen molar-refractivity contribution in [1.29, 1.82) is 0 Å². The van der Waals surface area contributed by atoms with Crippen LogP contribution in [0, 0.1) is 5.92 Å². The number of hydrogen-bond acceptors (Lipinski definition) is 4. The second-order valence-corrected chi connectivity index (χ2v) is 11.8. The van der Waals surface area contributed by atoms with Gasteiger partial charge in [-0.3, -0.25) is 9.59 Å². The van der Waals surface area contributed by atoms with Gasteiger partial charge in [-0.25, -0.2) is 0 Å². The fourth-order valence-electron chi connectivity index (χ4n) is 6.57. The van der Waals surface area contributed by atoms with Gasteiger partial charge in [0.1, 0.15) is 12.2 Å². The number of hydrogen-bond donors (Lipinski definition) is 0. The second-order valence-electron chi connectivity index (χ2n) is 11.8. The first-order valence-electron chi connectivity index (χ1n) is 14.6. The lowest BCUT2D eigenvalue weighted by Gasteiger charge is -2.36. The van der Waals surface area contributed by atoms with Crippen molar-refractivity contribution in [3.63, 3.8) is 0 Å². The highest BCUT2D eigenvalue weighted by Crippen LogP contribution is 2.45. The lowest BCUT2D eigenvalue weighted by atomic mass is 9.72. The van der Waals surface area contributed by atoms with E-state index in [9.17, 15) is 9.59 Å². The smallest absolute Gasteiger partial charge is 0.328 e. The average Bonchev–Trinajstić information content (AvgIpc) is 3.29. The second kappa shape index (κ2) is 11.4. The molecule has 0 N–H and O–H groups in total. The minimum absolute atomic E-state index is 0.115. The van der Waals surface area contributed by atoms with Gasteiger partial charge >= 0.3 is 11.9 Å². The molecule has 4 nitrogen and oxygen atoms in total. The molecule has 4 heteroatoms. The Morgan fingerprint density at radius 2 is 1.35 bits per heavy atom. The Bertz CT molecular complexity index is 1070. The summed E-state index contributed by atoms with van der Waals surface area (Å²) in [7, 11) is 0. The van der Waals surface area contributed by atoms with Gasteiger partial charge in [-0.15, -0.1) is 0 Å². The van der Waals surface area contributed by atoms with E-state index in [1.54, 1.807) is 0 Å². The molecule has 2 saturated carbocycles. The van der Waals surface area contributed by atoms with Crippen LogP contribution in [0.2, 0.25) is 0 Å². The van der Waals surface area contributed by atoms with Gasteiger partial charge in [-0.05, 0) is 104 Å². The van der Waals surface area contributed by atoms with Crippen molar-refractivity contribution >= 4 is 11.9 Å². The highest BCUT2D eigenvalue weighted by atomic mass is 16.6. The maximum Gasteiger partial charge on any atom is 0.328 e. The highest BCUT2D eigenvalue weighted by Gasteiger charge is 2.53. The largest absolute Gasteiger partial charge is 0.461 e. The van der Waals surface area contributed by atoms with Gasteiger partial charge in [-0.1, -0.05) is 69.2 Å². The summed E-state index contributed by atoms with van der Waals surface area (Å²) in [6, 6.07) is 14.5. The quantitative estimate of drug-likeness (QED) is 0.234. The van der Waals surface area contributed by atoms with E-state index in [0.717, 1.165) is 80.9 Å². The van der Waals surface area contributed by atoms with Gasteiger partial charge in [0.25, 0.3) is 0 Å². The number of rotatable bonds is 8. The van der Waals surface area contributed by atoms with E-state index in [-0.39, 0.29) is 12.2 Å². The van der Waals surface area contributed by atoms with E-state index in [1.807, 2.05) is 12.1 Å². The predicted octanol–water partition coefficient (Wildman–Crippen LogP) is 7.68. The summed E-state index contributed by atoms with van der Waals surface area (Å²) in [6.07, 6.45) is 11.8. The Morgan fingerprint density at radius 3 is 1.95 bits per heavy atom. The van der Waals surface area contributed by atoms with Crippen LogP contribution in [0.4, 0.5) is 0 Å². The molecule has 0 radical (unpaired) electrons. The van der Waals surface area contributed by atoms with E-state index in [0.29, 0.717) is 12.3 Å². The Labute approximate surface area is 222 Å². The number of carbonyl (C=O) groups is 2. The minimum Gasteiger partial charge on any atom is -0.461 e. The van der Waals surface area contributed by atoms with E-state index in [2.05, 4.69) is 44.2 Å². The van der Waals surface area contributed by atoms with Crippen molar-refractivity contribution < 1.29 is 19.1 Å². The topological polar surface area (TPSA) is 52.6 Å². The van der Waals surface area contributed by atoms with Crippen LogP contribution in [0.15, 0.2) is 42.5 Å². The summed E-state index contributed by atoms with van der Waals surface area (Å²) >= 11 is 0. The van der Waals surface area contributed by atoms with Crippen LogP contribution in [0.5, 0.6) is 0 Å². The summed E-state index contributed by atoms with van der Waals surface area (Å²) in [5.41, 5.74) is 3.99. The van der Waals surface area contributed by atoms with Crippen LogP contribution in [0.3, 0.4) is 0 Å². The summed E-state index contributed by atoms with van der Waals surface area (Å²) in [5, 5.41) is 0. The molecule has 0 bridgehead atoms. The fraction of sp³-hybridized carbons (Fsp3) is 0.576. The number of fused-ring (bicyclic) bond motifs is 3. The lowest BCUT2D eigenvalue weighted by molar-refractivity contribution is -0.173. The van der Waals surface area contributed by atoms with Gasteiger partial charge in [0.15, 0.2) is 5.41 Å². The molecular weight excluding hydrogens is 460 g/mol. The Balaban J connectivity index is 1.59. The van der Waals surface area contributed by atoms with Crippen molar-refractivity contribution in [2.45, 2.75) is 115 Å². The van der Waals surface area contributed by atoms with Crippen molar-refractivity contribution in [2.75, 3.05) is 0 Å². The lowest BCUT2D eigenvalue weighted by Crippen LogP contribution is -2.49. The number of esters is 2. The molecule has 5 rings (SSSR count). The first-order valence-corrected chi connectivity index (χ1v) is 14.6. The molecule has 0 unspecified atom stereocenters. The van der Waals surface area contributed by atoms with Crippen LogP contribution in [-0.2, 0) is 30.9 Å². The van der Waals surface area contributed by atoms with Crippen molar-refractivity contribution in [2.24, 2.45) is 5.92 Å². The van der Waals surface area contributed by atoms with Crippen LogP contribution in [-0.4, -0.2) is 24.1 Å². The Morgan fingerprint density at radius 1 is 0.784 bits per heavy atom. The molecular formula is C33H42O4. The predicted molar refractivity (Wildman–Crippen MR) is 146 cm³/mol. The summed E-state index contributed by atoms with van der Waals surface area (Å²) in [5.74, 6) is -0.450. The molecule has 0 heterocycles. The van der Waals surface area contributed by atoms with Crippen molar-refractivity contribution in [1.82, 2.24) is 0 Å².